The van der Waals surface area contributed by atoms with E-state index >= 15 is 0 Å². The van der Waals surface area contributed by atoms with Crippen molar-refractivity contribution < 1.29 is 4.79 Å². The summed E-state index contributed by atoms with van der Waals surface area (Å²) >= 11 is 0. The fraction of sp³-hybridized carbons (Fsp3) is 0.571. The van der Waals surface area contributed by atoms with Gasteiger partial charge in [0.25, 0.3) is 0 Å². The van der Waals surface area contributed by atoms with Crippen molar-refractivity contribution in [2.75, 3.05) is 0 Å². The standard InChI is InChI=1S/C14H20N4O/c1-18-9-10(6-13(18)7-15)8-17-12-4-2-11(3-5-12)14(16)19/h6,9,11-12,17H,2-5,8H2,1H3,(H2,16,19). The zero-order valence-electron chi connectivity index (χ0n) is 11.2. The molecule has 0 aliphatic heterocycles. The van der Waals surface area contributed by atoms with E-state index in [1.165, 1.54) is 0 Å². The smallest absolute Gasteiger partial charge is 0.220 e. The van der Waals surface area contributed by atoms with Crippen molar-refractivity contribution in [3.8, 4) is 6.07 Å². The number of hydrogen-bond donors (Lipinski definition) is 2. The first-order chi connectivity index (χ1) is 9.10. The lowest BCUT2D eigenvalue weighted by Gasteiger charge is -2.27. The highest BCUT2D eigenvalue weighted by molar-refractivity contribution is 5.76. The molecule has 1 fully saturated rings. The van der Waals surface area contributed by atoms with Gasteiger partial charge in [0.2, 0.25) is 5.91 Å². The number of nitrogens with zero attached hydrogens (tertiary/aromatic N) is 2. The van der Waals surface area contributed by atoms with Gasteiger partial charge in [-0.2, -0.15) is 5.26 Å². The monoisotopic (exact) mass is 260 g/mol. The molecule has 1 aliphatic carbocycles. The number of rotatable bonds is 4. The topological polar surface area (TPSA) is 83.8 Å². The summed E-state index contributed by atoms with van der Waals surface area (Å²) < 4.78 is 1.83. The summed E-state index contributed by atoms with van der Waals surface area (Å²) in [6.45, 7) is 0.765. The summed E-state index contributed by atoms with van der Waals surface area (Å²) in [6.07, 6.45) is 5.72. The van der Waals surface area contributed by atoms with Crippen molar-refractivity contribution in [2.45, 2.75) is 38.3 Å². The lowest BCUT2D eigenvalue weighted by Crippen LogP contribution is -2.36. The van der Waals surface area contributed by atoms with Gasteiger partial charge in [-0.05, 0) is 37.3 Å². The molecule has 1 amide bonds. The third-order valence-corrected chi connectivity index (χ3v) is 3.90. The van der Waals surface area contributed by atoms with Gasteiger partial charge < -0.3 is 15.6 Å². The average Bonchev–Trinajstić information content (AvgIpc) is 2.77. The minimum absolute atomic E-state index is 0.0555. The summed E-state index contributed by atoms with van der Waals surface area (Å²) in [5.41, 5.74) is 7.12. The van der Waals surface area contributed by atoms with Crippen LogP contribution in [0.3, 0.4) is 0 Å². The number of amides is 1. The van der Waals surface area contributed by atoms with Gasteiger partial charge in [0.05, 0.1) is 0 Å². The Morgan fingerprint density at radius 1 is 1.53 bits per heavy atom. The molecule has 0 unspecified atom stereocenters. The van der Waals surface area contributed by atoms with Crippen molar-refractivity contribution in [1.29, 1.82) is 5.26 Å². The summed E-state index contributed by atoms with van der Waals surface area (Å²) in [5.74, 6) is -0.111. The Hall–Kier alpha value is -1.80. The molecule has 3 N–H and O–H groups in total. The van der Waals surface area contributed by atoms with Gasteiger partial charge in [-0.1, -0.05) is 0 Å². The predicted molar refractivity (Wildman–Crippen MR) is 71.9 cm³/mol. The van der Waals surface area contributed by atoms with E-state index in [1.54, 1.807) is 0 Å². The van der Waals surface area contributed by atoms with E-state index in [9.17, 15) is 4.79 Å². The van der Waals surface area contributed by atoms with Gasteiger partial charge in [0, 0.05) is 31.7 Å². The fourth-order valence-corrected chi connectivity index (χ4v) is 2.69. The first kappa shape index (κ1) is 13.6. The van der Waals surface area contributed by atoms with Crippen LogP contribution in [-0.2, 0) is 18.4 Å². The Kier molecular flexibility index (Phi) is 4.23. The van der Waals surface area contributed by atoms with Gasteiger partial charge in [0.1, 0.15) is 11.8 Å². The third-order valence-electron chi connectivity index (χ3n) is 3.90. The Bertz CT molecular complexity index is 492. The summed E-state index contributed by atoms with van der Waals surface area (Å²) in [7, 11) is 1.88. The summed E-state index contributed by atoms with van der Waals surface area (Å²) in [6, 6.07) is 4.51. The van der Waals surface area contributed by atoms with Crippen LogP contribution in [0.25, 0.3) is 0 Å². The van der Waals surface area contributed by atoms with Gasteiger partial charge in [-0.3, -0.25) is 4.79 Å². The first-order valence-electron chi connectivity index (χ1n) is 6.68. The molecular weight excluding hydrogens is 240 g/mol. The number of hydrogen-bond acceptors (Lipinski definition) is 3. The van der Waals surface area contributed by atoms with E-state index in [0.29, 0.717) is 11.7 Å². The summed E-state index contributed by atoms with van der Waals surface area (Å²) in [4.78, 5) is 11.1. The molecule has 0 spiro atoms. The van der Waals surface area contributed by atoms with Crippen molar-refractivity contribution in [2.24, 2.45) is 18.7 Å². The maximum atomic E-state index is 11.1. The molecule has 0 atom stereocenters. The second-order valence-corrected chi connectivity index (χ2v) is 5.29. The van der Waals surface area contributed by atoms with Crippen LogP contribution < -0.4 is 11.1 Å². The highest BCUT2D eigenvalue weighted by Gasteiger charge is 2.24. The molecule has 0 saturated heterocycles. The van der Waals surface area contributed by atoms with Crippen LogP contribution in [-0.4, -0.2) is 16.5 Å². The Balaban J connectivity index is 1.80. The Labute approximate surface area is 113 Å². The van der Waals surface area contributed by atoms with E-state index in [0.717, 1.165) is 37.8 Å². The molecular formula is C14H20N4O. The molecule has 0 aromatic carbocycles. The number of carbonyl (C=O) groups excluding carboxylic acids is 1. The molecule has 1 heterocycles. The van der Waals surface area contributed by atoms with Gasteiger partial charge in [0.15, 0.2) is 0 Å². The van der Waals surface area contributed by atoms with Crippen LogP contribution in [0.15, 0.2) is 12.3 Å². The van der Waals surface area contributed by atoms with E-state index in [4.69, 9.17) is 11.0 Å². The molecule has 1 aliphatic rings. The fourth-order valence-electron chi connectivity index (χ4n) is 2.69. The van der Waals surface area contributed by atoms with Crippen molar-refractivity contribution in [1.82, 2.24) is 9.88 Å². The van der Waals surface area contributed by atoms with Crippen LogP contribution in [0.4, 0.5) is 0 Å². The minimum Gasteiger partial charge on any atom is -0.369 e. The van der Waals surface area contributed by atoms with Gasteiger partial charge >= 0.3 is 0 Å². The minimum atomic E-state index is -0.167. The molecule has 1 aromatic rings. The lowest BCUT2D eigenvalue weighted by molar-refractivity contribution is -0.122. The van der Waals surface area contributed by atoms with Crippen LogP contribution in [0.5, 0.6) is 0 Å². The second kappa shape index (κ2) is 5.89. The highest BCUT2D eigenvalue weighted by Crippen LogP contribution is 2.24. The SMILES string of the molecule is Cn1cc(CNC2CCC(C(N)=O)CC2)cc1C#N. The Morgan fingerprint density at radius 2 is 2.21 bits per heavy atom. The zero-order chi connectivity index (χ0) is 13.8. The molecule has 0 radical (unpaired) electrons. The Morgan fingerprint density at radius 3 is 2.74 bits per heavy atom. The number of nitriles is 1. The second-order valence-electron chi connectivity index (χ2n) is 5.29. The molecule has 1 saturated carbocycles. The number of carbonyl (C=O) groups is 1. The molecule has 102 valence electrons. The predicted octanol–water partition coefficient (Wildman–Crippen LogP) is 1.03. The van der Waals surface area contributed by atoms with Crippen LogP contribution in [0.2, 0.25) is 0 Å². The van der Waals surface area contributed by atoms with E-state index in [2.05, 4.69) is 11.4 Å². The van der Waals surface area contributed by atoms with E-state index in [1.807, 2.05) is 23.9 Å². The number of aryl methyl sites for hydroxylation is 1. The average molecular weight is 260 g/mol. The molecule has 0 bridgehead atoms. The zero-order valence-corrected chi connectivity index (χ0v) is 11.2. The molecule has 19 heavy (non-hydrogen) atoms. The maximum absolute atomic E-state index is 11.1. The van der Waals surface area contributed by atoms with Crippen molar-refractivity contribution in [3.05, 3.63) is 23.5 Å². The number of aromatic nitrogens is 1. The van der Waals surface area contributed by atoms with Crippen LogP contribution in [0.1, 0.15) is 36.9 Å². The quantitative estimate of drug-likeness (QED) is 0.848. The van der Waals surface area contributed by atoms with Crippen LogP contribution >= 0.6 is 0 Å². The molecule has 2 rings (SSSR count). The third kappa shape index (κ3) is 3.36. The van der Waals surface area contributed by atoms with Gasteiger partial charge in [-0.25, -0.2) is 0 Å². The largest absolute Gasteiger partial charge is 0.369 e. The maximum Gasteiger partial charge on any atom is 0.220 e. The van der Waals surface area contributed by atoms with Gasteiger partial charge in [-0.15, -0.1) is 0 Å². The van der Waals surface area contributed by atoms with Crippen molar-refractivity contribution in [3.63, 3.8) is 0 Å². The number of nitrogens with two attached hydrogens (primary N) is 1. The highest BCUT2D eigenvalue weighted by atomic mass is 16.1. The van der Waals surface area contributed by atoms with Crippen molar-refractivity contribution >= 4 is 5.91 Å². The summed E-state index contributed by atoms with van der Waals surface area (Å²) in [5, 5.41) is 12.4. The van der Waals surface area contributed by atoms with E-state index < -0.39 is 0 Å². The molecule has 5 heteroatoms. The molecule has 5 nitrogen and oxygen atoms in total. The van der Waals surface area contributed by atoms with Crippen LogP contribution in [0, 0.1) is 17.2 Å². The first-order valence-corrected chi connectivity index (χ1v) is 6.68. The number of nitrogens with one attached hydrogen (secondary N) is 1. The van der Waals surface area contributed by atoms with E-state index in [-0.39, 0.29) is 11.8 Å². The normalized spacial score (nSPS) is 22.9. The lowest BCUT2D eigenvalue weighted by atomic mass is 9.85. The molecule has 1 aromatic heterocycles. The number of primary amides is 1.